The van der Waals surface area contributed by atoms with E-state index in [0.29, 0.717) is 19.1 Å². The number of amides is 1. The van der Waals surface area contributed by atoms with Gasteiger partial charge in [0.05, 0.1) is 0 Å². The Kier molecular flexibility index (Phi) is 7.29. The summed E-state index contributed by atoms with van der Waals surface area (Å²) in [6, 6.07) is 18.0. The average Bonchev–Trinajstić information content (AvgIpc) is 2.58. The topological polar surface area (TPSA) is 50.4 Å². The van der Waals surface area contributed by atoms with Crippen LogP contribution in [0.3, 0.4) is 0 Å². The number of benzene rings is 2. The summed E-state index contributed by atoms with van der Waals surface area (Å²) in [6.07, 6.45) is 0. The number of ether oxygens (including phenoxy) is 1. The van der Waals surface area contributed by atoms with Crippen molar-refractivity contribution >= 4 is 18.3 Å². The summed E-state index contributed by atoms with van der Waals surface area (Å²) < 4.78 is 5.73. The van der Waals surface area contributed by atoms with Gasteiger partial charge in [0.15, 0.2) is 0 Å². The van der Waals surface area contributed by atoms with Crippen molar-refractivity contribution in [3.8, 4) is 5.75 Å². The molecule has 1 aliphatic heterocycles. The molecule has 0 aromatic heterocycles. The van der Waals surface area contributed by atoms with Crippen LogP contribution < -0.4 is 15.4 Å². The Morgan fingerprint density at radius 2 is 1.76 bits per heavy atom. The third-order valence-corrected chi connectivity index (χ3v) is 4.57. The number of rotatable bonds is 7. The fourth-order valence-electron chi connectivity index (χ4n) is 2.67. The molecule has 1 unspecified atom stereocenters. The van der Waals surface area contributed by atoms with Gasteiger partial charge in [0.2, 0.25) is 5.91 Å². The first-order valence-corrected chi connectivity index (χ1v) is 8.46. The number of hydrogen-bond acceptors (Lipinski definition) is 3. The molecule has 5 heteroatoms. The molecule has 4 nitrogen and oxygen atoms in total. The van der Waals surface area contributed by atoms with E-state index >= 15 is 0 Å². The van der Waals surface area contributed by atoms with Gasteiger partial charge < -0.3 is 15.4 Å². The summed E-state index contributed by atoms with van der Waals surface area (Å²) in [6.45, 7) is 5.02. The molecule has 2 N–H and O–H groups in total. The van der Waals surface area contributed by atoms with Gasteiger partial charge in [-0.2, -0.15) is 0 Å². The highest BCUT2D eigenvalue weighted by molar-refractivity contribution is 5.85. The highest BCUT2D eigenvalue weighted by Gasteiger charge is 2.28. The van der Waals surface area contributed by atoms with E-state index < -0.39 is 0 Å². The normalized spacial score (nSPS) is 14.8. The van der Waals surface area contributed by atoms with E-state index in [-0.39, 0.29) is 24.2 Å². The van der Waals surface area contributed by atoms with Gasteiger partial charge in [-0.05, 0) is 42.3 Å². The predicted octanol–water partition coefficient (Wildman–Crippen LogP) is 3.16. The monoisotopic (exact) mass is 360 g/mol. The third-order valence-electron chi connectivity index (χ3n) is 4.57. The second-order valence-corrected chi connectivity index (χ2v) is 6.34. The molecule has 0 spiro atoms. The molecule has 2 aromatic carbocycles. The van der Waals surface area contributed by atoms with Crippen LogP contribution in [0.4, 0.5) is 0 Å². The number of carbonyl (C=O) groups excluding carboxylic acids is 1. The number of hydrogen-bond donors (Lipinski definition) is 2. The first kappa shape index (κ1) is 19.3. The molecular weight excluding hydrogens is 336 g/mol. The van der Waals surface area contributed by atoms with Gasteiger partial charge in [-0.15, -0.1) is 12.4 Å². The van der Waals surface area contributed by atoms with Crippen molar-refractivity contribution in [1.82, 2.24) is 10.6 Å². The highest BCUT2D eigenvalue weighted by Crippen LogP contribution is 2.16. The second-order valence-electron chi connectivity index (χ2n) is 6.34. The lowest BCUT2D eigenvalue weighted by molar-refractivity contribution is -0.126. The Morgan fingerprint density at radius 3 is 2.36 bits per heavy atom. The van der Waals surface area contributed by atoms with Crippen molar-refractivity contribution in [2.24, 2.45) is 11.8 Å². The van der Waals surface area contributed by atoms with Crippen LogP contribution >= 0.6 is 12.4 Å². The standard InChI is InChI=1S/C20H24N2O2.ClH/c1-15(18-12-21-13-18)20(23)22-11-16-7-9-17(10-8-16)14-24-19-5-3-2-4-6-19;/h2-10,15,18,21H,11-14H2,1H3,(H,22,23);1H. The molecule has 25 heavy (non-hydrogen) atoms. The average molecular weight is 361 g/mol. The quantitative estimate of drug-likeness (QED) is 0.797. The molecule has 1 heterocycles. The largest absolute Gasteiger partial charge is 0.489 e. The Morgan fingerprint density at radius 1 is 1.12 bits per heavy atom. The molecular formula is C20H25ClN2O2. The number of carbonyl (C=O) groups is 1. The minimum atomic E-state index is 0. The minimum Gasteiger partial charge on any atom is -0.489 e. The van der Waals surface area contributed by atoms with Crippen LogP contribution in [-0.2, 0) is 17.9 Å². The van der Waals surface area contributed by atoms with E-state index in [2.05, 4.69) is 10.6 Å². The maximum absolute atomic E-state index is 12.1. The zero-order valence-corrected chi connectivity index (χ0v) is 15.2. The maximum Gasteiger partial charge on any atom is 0.223 e. The van der Waals surface area contributed by atoms with Crippen molar-refractivity contribution in [2.75, 3.05) is 13.1 Å². The smallest absolute Gasteiger partial charge is 0.223 e. The lowest BCUT2D eigenvalue weighted by Crippen LogP contribution is -2.49. The summed E-state index contributed by atoms with van der Waals surface area (Å²) >= 11 is 0. The molecule has 1 atom stereocenters. The summed E-state index contributed by atoms with van der Waals surface area (Å²) in [7, 11) is 0. The van der Waals surface area contributed by atoms with Crippen LogP contribution in [-0.4, -0.2) is 19.0 Å². The molecule has 0 radical (unpaired) electrons. The molecule has 1 saturated heterocycles. The molecule has 3 rings (SSSR count). The van der Waals surface area contributed by atoms with Crippen LogP contribution in [0.1, 0.15) is 18.1 Å². The van der Waals surface area contributed by atoms with Gasteiger partial charge in [-0.25, -0.2) is 0 Å². The summed E-state index contributed by atoms with van der Waals surface area (Å²) in [4.78, 5) is 12.1. The van der Waals surface area contributed by atoms with E-state index in [0.717, 1.165) is 30.0 Å². The molecule has 1 aliphatic rings. The van der Waals surface area contributed by atoms with Crippen molar-refractivity contribution in [1.29, 1.82) is 0 Å². The van der Waals surface area contributed by atoms with Crippen molar-refractivity contribution < 1.29 is 9.53 Å². The minimum absolute atomic E-state index is 0. The number of nitrogens with one attached hydrogen (secondary N) is 2. The summed E-state index contributed by atoms with van der Waals surface area (Å²) in [5, 5.41) is 6.24. The third kappa shape index (κ3) is 5.48. The zero-order valence-electron chi connectivity index (χ0n) is 14.4. The fourth-order valence-corrected chi connectivity index (χ4v) is 2.67. The summed E-state index contributed by atoms with van der Waals surface area (Å²) in [5.41, 5.74) is 2.22. The number of para-hydroxylation sites is 1. The predicted molar refractivity (Wildman–Crippen MR) is 102 cm³/mol. The fraction of sp³-hybridized carbons (Fsp3) is 0.350. The lowest BCUT2D eigenvalue weighted by atomic mass is 9.88. The van der Waals surface area contributed by atoms with Gasteiger partial charge in [0.1, 0.15) is 12.4 Å². The van der Waals surface area contributed by atoms with E-state index in [4.69, 9.17) is 4.74 Å². The van der Waals surface area contributed by atoms with E-state index in [1.165, 1.54) is 0 Å². The van der Waals surface area contributed by atoms with E-state index in [1.807, 2.05) is 61.5 Å². The first-order chi connectivity index (χ1) is 11.7. The highest BCUT2D eigenvalue weighted by atomic mass is 35.5. The molecule has 134 valence electrons. The van der Waals surface area contributed by atoms with Crippen LogP contribution in [0.5, 0.6) is 5.75 Å². The van der Waals surface area contributed by atoms with Crippen LogP contribution in [0, 0.1) is 11.8 Å². The molecule has 0 bridgehead atoms. The first-order valence-electron chi connectivity index (χ1n) is 8.46. The van der Waals surface area contributed by atoms with Gasteiger partial charge in [0, 0.05) is 12.5 Å². The Balaban J connectivity index is 0.00000225. The second kappa shape index (κ2) is 9.44. The molecule has 0 aliphatic carbocycles. The Hall–Kier alpha value is -2.04. The van der Waals surface area contributed by atoms with Crippen LogP contribution in [0.2, 0.25) is 0 Å². The molecule has 2 aromatic rings. The van der Waals surface area contributed by atoms with Crippen molar-refractivity contribution in [3.05, 3.63) is 65.7 Å². The zero-order chi connectivity index (χ0) is 16.8. The maximum atomic E-state index is 12.1. The van der Waals surface area contributed by atoms with Gasteiger partial charge >= 0.3 is 0 Å². The summed E-state index contributed by atoms with van der Waals surface area (Å²) in [5.74, 6) is 1.55. The molecule has 0 saturated carbocycles. The van der Waals surface area contributed by atoms with Gasteiger partial charge in [-0.1, -0.05) is 49.4 Å². The molecule has 1 fully saturated rings. The van der Waals surface area contributed by atoms with Gasteiger partial charge in [-0.3, -0.25) is 4.79 Å². The Bertz CT molecular complexity index is 657. The number of halogens is 1. The van der Waals surface area contributed by atoms with Gasteiger partial charge in [0.25, 0.3) is 0 Å². The Labute approximate surface area is 155 Å². The SMILES string of the molecule is CC(C(=O)NCc1ccc(COc2ccccc2)cc1)C1CNC1.Cl. The van der Waals surface area contributed by atoms with Crippen LogP contribution in [0.15, 0.2) is 54.6 Å². The van der Waals surface area contributed by atoms with E-state index in [1.54, 1.807) is 0 Å². The lowest BCUT2D eigenvalue weighted by Gasteiger charge is -2.31. The molecule has 1 amide bonds. The van der Waals surface area contributed by atoms with Crippen molar-refractivity contribution in [3.63, 3.8) is 0 Å². The van der Waals surface area contributed by atoms with E-state index in [9.17, 15) is 4.79 Å². The van der Waals surface area contributed by atoms with Crippen molar-refractivity contribution in [2.45, 2.75) is 20.1 Å². The van der Waals surface area contributed by atoms with Crippen LogP contribution in [0.25, 0.3) is 0 Å².